The molecule has 3 N–H and O–H groups in total. The van der Waals surface area contributed by atoms with Crippen molar-refractivity contribution in [1.29, 1.82) is 0 Å². The monoisotopic (exact) mass is 281 g/mol. The molecule has 1 rings (SSSR count). The van der Waals surface area contributed by atoms with Crippen LogP contribution in [0.4, 0.5) is 0 Å². The predicted octanol–water partition coefficient (Wildman–Crippen LogP) is 1.63. The summed E-state index contributed by atoms with van der Waals surface area (Å²) in [5, 5.41) is 21.3. The molecule has 1 amide bonds. The van der Waals surface area contributed by atoms with Gasteiger partial charge >= 0.3 is 5.97 Å². The van der Waals surface area contributed by atoms with Gasteiger partial charge in [-0.15, -0.1) is 0 Å². The van der Waals surface area contributed by atoms with Gasteiger partial charge in [-0.25, -0.2) is 4.79 Å². The normalized spacial score (nSPS) is 12.6. The number of carboxylic acid groups (broad SMARTS) is 1. The maximum Gasteiger partial charge on any atom is 0.326 e. The molecule has 1 aromatic rings. The van der Waals surface area contributed by atoms with E-state index in [1.807, 2.05) is 0 Å². The summed E-state index contributed by atoms with van der Waals surface area (Å²) in [4.78, 5) is 23.3. The van der Waals surface area contributed by atoms with E-state index in [9.17, 15) is 14.7 Å². The Morgan fingerprint density at radius 1 is 1.30 bits per heavy atom. The average molecular weight is 281 g/mol. The van der Waals surface area contributed by atoms with E-state index < -0.39 is 23.3 Å². The lowest BCUT2D eigenvalue weighted by Crippen LogP contribution is -2.49. The highest BCUT2D eigenvalue weighted by atomic mass is 16.5. The van der Waals surface area contributed by atoms with Crippen molar-refractivity contribution in [3.05, 3.63) is 23.8 Å². The molecule has 0 saturated carbocycles. The number of ether oxygens (including phenoxy) is 1. The fraction of sp³-hybridized carbons (Fsp3) is 0.429. The van der Waals surface area contributed by atoms with Crippen LogP contribution >= 0.6 is 0 Å². The number of aromatic hydroxyl groups is 1. The highest BCUT2D eigenvalue weighted by Gasteiger charge is 2.33. The van der Waals surface area contributed by atoms with Gasteiger partial charge in [0.1, 0.15) is 17.5 Å². The SMILES string of the molecule is COc1ccc(C(=O)N[C@@H](C(=O)O)C(C)(C)C)c(O)c1. The van der Waals surface area contributed by atoms with Crippen molar-refractivity contribution in [3.8, 4) is 11.5 Å². The molecular weight excluding hydrogens is 262 g/mol. The highest BCUT2D eigenvalue weighted by Crippen LogP contribution is 2.25. The Morgan fingerprint density at radius 3 is 2.30 bits per heavy atom. The first kappa shape index (κ1) is 15.8. The third-order valence-corrected chi connectivity index (χ3v) is 2.84. The standard InChI is InChI=1S/C14H19NO5/c1-14(2,3)11(13(18)19)15-12(17)9-6-5-8(20-4)7-10(9)16/h5-7,11,16H,1-4H3,(H,15,17)(H,18,19)/t11-/m0/s1. The van der Waals surface area contributed by atoms with Gasteiger partial charge in [0, 0.05) is 6.07 Å². The number of nitrogens with one attached hydrogen (secondary N) is 1. The van der Waals surface area contributed by atoms with Crippen LogP contribution in [0.1, 0.15) is 31.1 Å². The summed E-state index contributed by atoms with van der Waals surface area (Å²) in [5.41, 5.74) is -0.648. The number of rotatable bonds is 4. The van der Waals surface area contributed by atoms with Gasteiger partial charge in [0.15, 0.2) is 0 Å². The van der Waals surface area contributed by atoms with E-state index in [0.717, 1.165) is 0 Å². The fourth-order valence-electron chi connectivity index (χ4n) is 1.69. The van der Waals surface area contributed by atoms with E-state index in [1.54, 1.807) is 20.8 Å². The minimum atomic E-state index is -1.13. The summed E-state index contributed by atoms with van der Waals surface area (Å²) in [5.74, 6) is -1.63. The summed E-state index contributed by atoms with van der Waals surface area (Å²) >= 11 is 0. The number of carbonyl (C=O) groups is 2. The van der Waals surface area contributed by atoms with Gasteiger partial charge in [-0.1, -0.05) is 20.8 Å². The Morgan fingerprint density at radius 2 is 1.90 bits per heavy atom. The molecule has 0 saturated heterocycles. The lowest BCUT2D eigenvalue weighted by Gasteiger charge is -2.27. The van der Waals surface area contributed by atoms with Gasteiger partial charge in [0.25, 0.3) is 5.91 Å². The van der Waals surface area contributed by atoms with Crippen LogP contribution in [0.15, 0.2) is 18.2 Å². The number of phenolic OH excluding ortho intramolecular Hbond substituents is 1. The molecule has 1 atom stereocenters. The minimum Gasteiger partial charge on any atom is -0.507 e. The summed E-state index contributed by atoms with van der Waals surface area (Å²) in [7, 11) is 1.44. The highest BCUT2D eigenvalue weighted by molar-refractivity contribution is 5.99. The van der Waals surface area contributed by atoms with Gasteiger partial charge in [0.05, 0.1) is 12.7 Å². The number of aliphatic carboxylic acids is 1. The molecule has 0 heterocycles. The van der Waals surface area contributed by atoms with Gasteiger partial charge < -0.3 is 20.3 Å². The second kappa shape index (κ2) is 5.81. The Bertz CT molecular complexity index is 519. The van der Waals surface area contributed by atoms with E-state index in [0.29, 0.717) is 5.75 Å². The first-order chi connectivity index (χ1) is 9.16. The zero-order valence-corrected chi connectivity index (χ0v) is 11.9. The van der Waals surface area contributed by atoms with Crippen molar-refractivity contribution in [2.45, 2.75) is 26.8 Å². The first-order valence-corrected chi connectivity index (χ1v) is 6.07. The molecule has 0 aliphatic carbocycles. The maximum absolute atomic E-state index is 12.1. The average Bonchev–Trinajstić information content (AvgIpc) is 2.33. The minimum absolute atomic E-state index is 0.00120. The number of hydrogen-bond acceptors (Lipinski definition) is 4. The van der Waals surface area contributed by atoms with Crippen molar-refractivity contribution in [2.75, 3.05) is 7.11 Å². The summed E-state index contributed by atoms with van der Waals surface area (Å²) in [6.45, 7) is 5.12. The van der Waals surface area contributed by atoms with E-state index in [1.165, 1.54) is 25.3 Å². The van der Waals surface area contributed by atoms with E-state index in [2.05, 4.69) is 5.32 Å². The quantitative estimate of drug-likeness (QED) is 0.779. The van der Waals surface area contributed by atoms with Crippen LogP contribution in [0.3, 0.4) is 0 Å². The van der Waals surface area contributed by atoms with Crippen LogP contribution in [-0.4, -0.2) is 35.2 Å². The Labute approximate surface area is 117 Å². The molecular formula is C14H19NO5. The molecule has 1 aromatic carbocycles. The van der Waals surface area contributed by atoms with E-state index in [4.69, 9.17) is 9.84 Å². The van der Waals surface area contributed by atoms with Crippen LogP contribution in [0, 0.1) is 5.41 Å². The molecule has 0 aliphatic rings. The lowest BCUT2D eigenvalue weighted by molar-refractivity contribution is -0.142. The Kier molecular flexibility index (Phi) is 4.60. The second-order valence-corrected chi connectivity index (χ2v) is 5.49. The van der Waals surface area contributed by atoms with Gasteiger partial charge in [-0.05, 0) is 17.5 Å². The molecule has 0 fully saturated rings. The maximum atomic E-state index is 12.1. The summed E-state index contributed by atoms with van der Waals surface area (Å²) < 4.78 is 4.92. The van der Waals surface area contributed by atoms with E-state index >= 15 is 0 Å². The number of methoxy groups -OCH3 is 1. The lowest BCUT2D eigenvalue weighted by atomic mass is 9.86. The molecule has 0 unspecified atom stereocenters. The molecule has 6 heteroatoms. The van der Waals surface area contributed by atoms with Gasteiger partial charge in [-0.3, -0.25) is 4.79 Å². The van der Waals surface area contributed by atoms with E-state index in [-0.39, 0.29) is 11.3 Å². The van der Waals surface area contributed by atoms with Crippen LogP contribution < -0.4 is 10.1 Å². The summed E-state index contributed by atoms with van der Waals surface area (Å²) in [6.07, 6.45) is 0. The topological polar surface area (TPSA) is 95.9 Å². The van der Waals surface area contributed by atoms with Crippen molar-refractivity contribution in [2.24, 2.45) is 5.41 Å². The smallest absolute Gasteiger partial charge is 0.326 e. The first-order valence-electron chi connectivity index (χ1n) is 6.07. The van der Waals surface area contributed by atoms with Crippen molar-refractivity contribution in [1.82, 2.24) is 5.32 Å². The van der Waals surface area contributed by atoms with Gasteiger partial charge in [-0.2, -0.15) is 0 Å². The number of phenols is 1. The van der Waals surface area contributed by atoms with Crippen LogP contribution in [0.25, 0.3) is 0 Å². The van der Waals surface area contributed by atoms with Crippen LogP contribution in [-0.2, 0) is 4.79 Å². The molecule has 20 heavy (non-hydrogen) atoms. The molecule has 0 bridgehead atoms. The van der Waals surface area contributed by atoms with Crippen LogP contribution in [0.5, 0.6) is 11.5 Å². The molecule has 110 valence electrons. The second-order valence-electron chi connectivity index (χ2n) is 5.49. The van der Waals surface area contributed by atoms with Crippen molar-refractivity contribution >= 4 is 11.9 Å². The number of carbonyl (C=O) groups excluding carboxylic acids is 1. The Balaban J connectivity index is 2.98. The summed E-state index contributed by atoms with van der Waals surface area (Å²) in [6, 6.07) is 3.13. The third kappa shape index (κ3) is 3.63. The number of amides is 1. The molecule has 0 aromatic heterocycles. The fourth-order valence-corrected chi connectivity index (χ4v) is 1.69. The molecule has 0 aliphatic heterocycles. The third-order valence-electron chi connectivity index (χ3n) is 2.84. The molecule has 6 nitrogen and oxygen atoms in total. The van der Waals surface area contributed by atoms with Crippen molar-refractivity contribution in [3.63, 3.8) is 0 Å². The zero-order chi connectivity index (χ0) is 15.5. The largest absolute Gasteiger partial charge is 0.507 e. The molecule has 0 spiro atoms. The number of benzene rings is 1. The molecule has 0 radical (unpaired) electrons. The van der Waals surface area contributed by atoms with Gasteiger partial charge in [0.2, 0.25) is 0 Å². The Hall–Kier alpha value is -2.24. The zero-order valence-electron chi connectivity index (χ0n) is 11.9. The number of carboxylic acids is 1. The predicted molar refractivity (Wildman–Crippen MR) is 73.0 cm³/mol. The number of hydrogen-bond donors (Lipinski definition) is 3. The van der Waals surface area contributed by atoms with Crippen molar-refractivity contribution < 1.29 is 24.5 Å². The van der Waals surface area contributed by atoms with Crippen LogP contribution in [0.2, 0.25) is 0 Å².